The Balaban J connectivity index is 1.58. The summed E-state index contributed by atoms with van der Waals surface area (Å²) in [6.45, 7) is 3.34. The Bertz CT molecular complexity index is 737. The van der Waals surface area contributed by atoms with Crippen LogP contribution in [-0.2, 0) is 0 Å². The van der Waals surface area contributed by atoms with E-state index in [2.05, 4.69) is 65.8 Å². The van der Waals surface area contributed by atoms with E-state index in [1.165, 1.54) is 55.3 Å². The molecule has 0 bridgehead atoms. The Hall–Kier alpha value is -1.52. The molecule has 0 radical (unpaired) electrons. The summed E-state index contributed by atoms with van der Waals surface area (Å²) in [6.07, 6.45) is 9.37. The SMILES string of the molecule is CCCCCCCCCN(Sc1nc2ccccc2s1)c1ccccc1. The summed E-state index contributed by atoms with van der Waals surface area (Å²) < 4.78 is 4.79. The van der Waals surface area contributed by atoms with Gasteiger partial charge in [-0.3, -0.25) is 0 Å². The highest BCUT2D eigenvalue weighted by atomic mass is 32.2. The Kier molecular flexibility index (Phi) is 7.84. The fourth-order valence-corrected chi connectivity index (χ4v) is 5.18. The Morgan fingerprint density at radius 1 is 0.846 bits per heavy atom. The fourth-order valence-electron chi connectivity index (χ4n) is 3.02. The van der Waals surface area contributed by atoms with E-state index in [4.69, 9.17) is 4.98 Å². The molecule has 0 saturated carbocycles. The maximum absolute atomic E-state index is 4.80. The third-order valence-electron chi connectivity index (χ3n) is 4.47. The van der Waals surface area contributed by atoms with Crippen molar-refractivity contribution in [3.05, 3.63) is 54.6 Å². The van der Waals surface area contributed by atoms with Gasteiger partial charge in [0, 0.05) is 24.2 Å². The molecule has 4 heteroatoms. The van der Waals surface area contributed by atoms with Crippen LogP contribution in [0.25, 0.3) is 10.2 Å². The average Bonchev–Trinajstić information content (AvgIpc) is 3.09. The van der Waals surface area contributed by atoms with Gasteiger partial charge in [0.1, 0.15) is 0 Å². The molecule has 2 nitrogen and oxygen atoms in total. The molecule has 0 unspecified atom stereocenters. The second kappa shape index (κ2) is 10.6. The van der Waals surface area contributed by atoms with Crippen LogP contribution in [0.2, 0.25) is 0 Å². The molecule has 0 spiro atoms. The third-order valence-corrected chi connectivity index (χ3v) is 6.64. The minimum Gasteiger partial charge on any atom is -0.310 e. The number of nitrogens with zero attached hydrogens (tertiary/aromatic N) is 2. The lowest BCUT2D eigenvalue weighted by Gasteiger charge is -2.22. The summed E-state index contributed by atoms with van der Waals surface area (Å²) in [5, 5.41) is 0. The predicted octanol–water partition coefficient (Wildman–Crippen LogP) is 7.56. The maximum atomic E-state index is 4.80. The van der Waals surface area contributed by atoms with Crippen LogP contribution < -0.4 is 4.31 Å². The van der Waals surface area contributed by atoms with Crippen LogP contribution in [0.3, 0.4) is 0 Å². The van der Waals surface area contributed by atoms with Gasteiger partial charge < -0.3 is 4.31 Å². The van der Waals surface area contributed by atoms with Crippen molar-refractivity contribution in [3.8, 4) is 0 Å². The maximum Gasteiger partial charge on any atom is 0.171 e. The van der Waals surface area contributed by atoms with Crippen molar-refractivity contribution in [1.82, 2.24) is 4.98 Å². The molecule has 3 rings (SSSR count). The van der Waals surface area contributed by atoms with Gasteiger partial charge in [0.15, 0.2) is 4.34 Å². The van der Waals surface area contributed by atoms with Crippen LogP contribution in [-0.4, -0.2) is 11.5 Å². The zero-order chi connectivity index (χ0) is 18.0. The number of anilines is 1. The van der Waals surface area contributed by atoms with Gasteiger partial charge in [-0.2, -0.15) is 0 Å². The van der Waals surface area contributed by atoms with Crippen molar-refractivity contribution >= 4 is 39.2 Å². The van der Waals surface area contributed by atoms with Crippen LogP contribution in [0, 0.1) is 0 Å². The number of benzene rings is 2. The Morgan fingerprint density at radius 2 is 1.54 bits per heavy atom. The van der Waals surface area contributed by atoms with Gasteiger partial charge in [0.25, 0.3) is 0 Å². The molecule has 3 aromatic rings. The number of para-hydroxylation sites is 2. The molecule has 0 saturated heterocycles. The highest BCUT2D eigenvalue weighted by Gasteiger charge is 2.12. The lowest BCUT2D eigenvalue weighted by atomic mass is 10.1. The highest BCUT2D eigenvalue weighted by molar-refractivity contribution is 8.02. The molecule has 1 aromatic heterocycles. The van der Waals surface area contributed by atoms with Crippen molar-refractivity contribution in [2.24, 2.45) is 0 Å². The quantitative estimate of drug-likeness (QED) is 0.251. The molecule has 0 atom stereocenters. The first-order valence-electron chi connectivity index (χ1n) is 9.73. The van der Waals surface area contributed by atoms with Crippen LogP contribution in [0.1, 0.15) is 51.9 Å². The Labute approximate surface area is 165 Å². The van der Waals surface area contributed by atoms with E-state index in [9.17, 15) is 0 Å². The second-order valence-corrected chi connectivity index (χ2v) is 8.90. The Morgan fingerprint density at radius 3 is 2.31 bits per heavy atom. The van der Waals surface area contributed by atoms with E-state index >= 15 is 0 Å². The molecular formula is C22H28N2S2. The number of rotatable bonds is 11. The normalized spacial score (nSPS) is 11.1. The average molecular weight is 385 g/mol. The summed E-state index contributed by atoms with van der Waals surface area (Å²) in [6, 6.07) is 19.1. The smallest absolute Gasteiger partial charge is 0.171 e. The van der Waals surface area contributed by atoms with Gasteiger partial charge in [0.05, 0.1) is 10.2 Å². The van der Waals surface area contributed by atoms with Gasteiger partial charge in [-0.1, -0.05) is 75.8 Å². The second-order valence-electron chi connectivity index (χ2n) is 6.60. The van der Waals surface area contributed by atoms with Gasteiger partial charge in [-0.25, -0.2) is 4.98 Å². The standard InChI is InChI=1S/C22H28N2S2/c1-2-3-4-5-6-7-13-18-24(19-14-9-8-10-15-19)26-22-23-20-16-11-12-17-21(20)25-22/h8-12,14-17H,2-7,13,18H2,1H3. The van der Waals surface area contributed by atoms with E-state index in [0.717, 1.165) is 16.4 Å². The van der Waals surface area contributed by atoms with Gasteiger partial charge in [-0.15, -0.1) is 11.3 Å². The highest BCUT2D eigenvalue weighted by Crippen LogP contribution is 2.34. The molecular weight excluding hydrogens is 356 g/mol. The summed E-state index contributed by atoms with van der Waals surface area (Å²) in [5.41, 5.74) is 2.37. The molecule has 0 aliphatic carbocycles. The summed E-state index contributed by atoms with van der Waals surface area (Å²) in [5.74, 6) is 0. The molecule has 1 heterocycles. The van der Waals surface area contributed by atoms with Crippen LogP contribution >= 0.6 is 23.3 Å². The topological polar surface area (TPSA) is 16.1 Å². The van der Waals surface area contributed by atoms with E-state index in [1.54, 1.807) is 23.3 Å². The molecule has 2 aromatic carbocycles. The van der Waals surface area contributed by atoms with Crippen molar-refractivity contribution in [2.45, 2.75) is 56.2 Å². The molecule has 0 aliphatic heterocycles. The number of hydrogen-bond donors (Lipinski definition) is 0. The van der Waals surface area contributed by atoms with Crippen molar-refractivity contribution in [1.29, 1.82) is 0 Å². The first kappa shape index (κ1) is 19.2. The molecule has 0 amide bonds. The minimum absolute atomic E-state index is 1.07. The molecule has 138 valence electrons. The van der Waals surface area contributed by atoms with Gasteiger partial charge in [-0.05, 0) is 30.7 Å². The minimum atomic E-state index is 1.07. The van der Waals surface area contributed by atoms with E-state index in [0.29, 0.717) is 0 Å². The molecule has 0 aliphatic rings. The van der Waals surface area contributed by atoms with E-state index < -0.39 is 0 Å². The molecule has 26 heavy (non-hydrogen) atoms. The lowest BCUT2D eigenvalue weighted by molar-refractivity contribution is 0.593. The number of unbranched alkanes of at least 4 members (excludes halogenated alkanes) is 6. The third kappa shape index (κ3) is 5.75. The molecule has 0 fully saturated rings. The van der Waals surface area contributed by atoms with Crippen molar-refractivity contribution < 1.29 is 0 Å². The van der Waals surface area contributed by atoms with Gasteiger partial charge >= 0.3 is 0 Å². The largest absolute Gasteiger partial charge is 0.310 e. The van der Waals surface area contributed by atoms with Crippen LogP contribution in [0.15, 0.2) is 58.9 Å². The fraction of sp³-hybridized carbons (Fsp3) is 0.409. The summed E-state index contributed by atoms with van der Waals surface area (Å²) in [7, 11) is 0. The first-order valence-corrected chi connectivity index (χ1v) is 11.3. The zero-order valence-corrected chi connectivity index (χ0v) is 17.2. The predicted molar refractivity (Wildman–Crippen MR) is 117 cm³/mol. The van der Waals surface area contributed by atoms with E-state index in [1.807, 2.05) is 0 Å². The van der Waals surface area contributed by atoms with Gasteiger partial charge in [0.2, 0.25) is 0 Å². The number of fused-ring (bicyclic) bond motifs is 1. The van der Waals surface area contributed by atoms with Crippen molar-refractivity contribution in [3.63, 3.8) is 0 Å². The zero-order valence-electron chi connectivity index (χ0n) is 15.6. The number of aromatic nitrogens is 1. The summed E-state index contributed by atoms with van der Waals surface area (Å²) in [4.78, 5) is 4.80. The van der Waals surface area contributed by atoms with E-state index in [-0.39, 0.29) is 0 Å². The van der Waals surface area contributed by atoms with Crippen LogP contribution in [0.5, 0.6) is 0 Å². The number of hydrogen-bond acceptors (Lipinski definition) is 4. The molecule has 0 N–H and O–H groups in total. The number of thiazole rings is 1. The van der Waals surface area contributed by atoms with Crippen molar-refractivity contribution in [2.75, 3.05) is 10.8 Å². The summed E-state index contributed by atoms with van der Waals surface area (Å²) >= 11 is 3.56. The monoisotopic (exact) mass is 384 g/mol. The lowest BCUT2D eigenvalue weighted by Crippen LogP contribution is -2.15. The van der Waals surface area contributed by atoms with Crippen LogP contribution in [0.4, 0.5) is 5.69 Å². The first-order chi connectivity index (χ1) is 12.9.